The standard InChI is InChI=1S/C23H16N4O4S/c1-31-22(28)15-9-10-17-19(12-15)25-23(26-20-8-3-2-7-18(20)24-21(17)26)32-13-14-5-4-6-16(11-14)27(29)30/h2-12H,13H2,1H3. The Hall–Kier alpha value is -3.98. The number of carbonyl (C=O) groups is 1. The number of hydrogen-bond acceptors (Lipinski definition) is 7. The lowest BCUT2D eigenvalue weighted by Gasteiger charge is -2.09. The Balaban J connectivity index is 1.67. The lowest BCUT2D eigenvalue weighted by molar-refractivity contribution is -0.384. The molecule has 5 rings (SSSR count). The van der Waals surface area contributed by atoms with Crippen molar-refractivity contribution in [2.24, 2.45) is 0 Å². The summed E-state index contributed by atoms with van der Waals surface area (Å²) >= 11 is 1.45. The number of fused-ring (bicyclic) bond motifs is 5. The molecule has 158 valence electrons. The fourth-order valence-corrected chi connectivity index (χ4v) is 4.57. The van der Waals surface area contributed by atoms with E-state index in [0.29, 0.717) is 22.0 Å². The van der Waals surface area contributed by atoms with Gasteiger partial charge in [0, 0.05) is 23.3 Å². The first-order chi connectivity index (χ1) is 15.5. The van der Waals surface area contributed by atoms with E-state index in [1.54, 1.807) is 24.3 Å². The number of methoxy groups -OCH3 is 1. The number of aromatic nitrogens is 3. The van der Waals surface area contributed by atoms with E-state index in [1.165, 1.54) is 24.9 Å². The minimum absolute atomic E-state index is 0.0514. The molecule has 0 N–H and O–H groups in total. The molecule has 0 aliphatic rings. The fourth-order valence-electron chi connectivity index (χ4n) is 3.62. The van der Waals surface area contributed by atoms with Gasteiger partial charge in [-0.3, -0.25) is 14.5 Å². The summed E-state index contributed by atoms with van der Waals surface area (Å²) in [5.41, 5.74) is 4.36. The summed E-state index contributed by atoms with van der Waals surface area (Å²) in [7, 11) is 1.34. The molecule has 3 aromatic carbocycles. The topological polar surface area (TPSA) is 99.6 Å². The molecule has 0 unspecified atom stereocenters. The second-order valence-corrected chi connectivity index (χ2v) is 8.04. The number of non-ortho nitro benzene ring substituents is 1. The smallest absolute Gasteiger partial charge is 0.337 e. The number of nitro groups is 1. The number of para-hydroxylation sites is 2. The number of imidazole rings is 1. The predicted octanol–water partition coefficient (Wildman–Crippen LogP) is 5.02. The molecule has 0 radical (unpaired) electrons. The molecule has 9 heteroatoms. The van der Waals surface area contributed by atoms with Crippen LogP contribution in [0.3, 0.4) is 0 Å². The van der Waals surface area contributed by atoms with Gasteiger partial charge in [-0.05, 0) is 35.9 Å². The first-order valence-corrected chi connectivity index (χ1v) is 10.7. The largest absolute Gasteiger partial charge is 0.465 e. The molecule has 2 heterocycles. The number of ether oxygens (including phenoxy) is 1. The molecule has 0 saturated carbocycles. The van der Waals surface area contributed by atoms with E-state index in [2.05, 4.69) is 0 Å². The highest BCUT2D eigenvalue weighted by Gasteiger charge is 2.16. The molecule has 8 nitrogen and oxygen atoms in total. The number of thioether (sulfide) groups is 1. The third-order valence-corrected chi connectivity index (χ3v) is 6.13. The Morgan fingerprint density at radius 3 is 2.72 bits per heavy atom. The van der Waals surface area contributed by atoms with Crippen LogP contribution in [0.25, 0.3) is 27.6 Å². The Bertz CT molecular complexity index is 1530. The molecule has 5 aromatic rings. The van der Waals surface area contributed by atoms with Crippen LogP contribution in [0.4, 0.5) is 5.69 Å². The van der Waals surface area contributed by atoms with E-state index in [9.17, 15) is 14.9 Å². The van der Waals surface area contributed by atoms with E-state index in [4.69, 9.17) is 14.7 Å². The van der Waals surface area contributed by atoms with E-state index < -0.39 is 10.9 Å². The lowest BCUT2D eigenvalue weighted by Crippen LogP contribution is -2.02. The minimum Gasteiger partial charge on any atom is -0.465 e. The van der Waals surface area contributed by atoms with Crippen LogP contribution >= 0.6 is 11.8 Å². The summed E-state index contributed by atoms with van der Waals surface area (Å²) in [6, 6.07) is 19.5. The number of nitro benzene ring substituents is 1. The zero-order chi connectivity index (χ0) is 22.2. The molecule has 2 aromatic heterocycles. The van der Waals surface area contributed by atoms with Crippen molar-refractivity contribution < 1.29 is 14.5 Å². The van der Waals surface area contributed by atoms with Gasteiger partial charge >= 0.3 is 5.97 Å². The van der Waals surface area contributed by atoms with Gasteiger partial charge in [0.2, 0.25) is 0 Å². The monoisotopic (exact) mass is 444 g/mol. The molecule has 0 fully saturated rings. The van der Waals surface area contributed by atoms with Gasteiger partial charge in [0.25, 0.3) is 5.69 Å². The molecule has 0 aliphatic heterocycles. The third-order valence-electron chi connectivity index (χ3n) is 5.12. The number of rotatable bonds is 5. The van der Waals surface area contributed by atoms with Gasteiger partial charge in [-0.1, -0.05) is 36.0 Å². The Kier molecular flexibility index (Phi) is 4.95. The van der Waals surface area contributed by atoms with E-state index in [1.807, 2.05) is 40.8 Å². The Morgan fingerprint density at radius 2 is 1.91 bits per heavy atom. The van der Waals surface area contributed by atoms with Gasteiger partial charge in [-0.25, -0.2) is 14.8 Å². The lowest BCUT2D eigenvalue weighted by atomic mass is 10.1. The second kappa shape index (κ2) is 7.93. The zero-order valence-electron chi connectivity index (χ0n) is 16.9. The molecule has 0 spiro atoms. The van der Waals surface area contributed by atoms with Crippen molar-refractivity contribution >= 4 is 51.0 Å². The SMILES string of the molecule is COC(=O)c1ccc2c(c1)nc(SCc1cccc([N+](=O)[O-])c1)n1c3ccccc3nc21. The summed E-state index contributed by atoms with van der Waals surface area (Å²) < 4.78 is 6.82. The van der Waals surface area contributed by atoms with Gasteiger partial charge in [0.1, 0.15) is 5.65 Å². The average molecular weight is 444 g/mol. The molecule has 0 saturated heterocycles. The van der Waals surface area contributed by atoms with Crippen molar-refractivity contribution in [3.8, 4) is 0 Å². The first-order valence-electron chi connectivity index (χ1n) is 9.70. The van der Waals surface area contributed by atoms with Crippen molar-refractivity contribution in [2.75, 3.05) is 7.11 Å². The Morgan fingerprint density at radius 1 is 1.06 bits per heavy atom. The second-order valence-electron chi connectivity index (χ2n) is 7.09. The highest BCUT2D eigenvalue weighted by Crippen LogP contribution is 2.31. The van der Waals surface area contributed by atoms with Crippen LogP contribution in [0.1, 0.15) is 15.9 Å². The molecule has 0 aliphatic carbocycles. The maximum atomic E-state index is 12.0. The fraction of sp³-hybridized carbons (Fsp3) is 0.0870. The minimum atomic E-state index is -0.437. The normalized spacial score (nSPS) is 11.3. The number of esters is 1. The van der Waals surface area contributed by atoms with Gasteiger partial charge in [-0.15, -0.1) is 0 Å². The molecular weight excluding hydrogens is 428 g/mol. The average Bonchev–Trinajstić information content (AvgIpc) is 3.22. The molecular formula is C23H16N4O4S. The number of hydrogen-bond donors (Lipinski definition) is 0. The maximum Gasteiger partial charge on any atom is 0.337 e. The van der Waals surface area contributed by atoms with Crippen LogP contribution in [-0.4, -0.2) is 32.4 Å². The van der Waals surface area contributed by atoms with E-state index >= 15 is 0 Å². The number of benzene rings is 3. The predicted molar refractivity (Wildman–Crippen MR) is 122 cm³/mol. The van der Waals surface area contributed by atoms with Crippen molar-refractivity contribution in [2.45, 2.75) is 10.9 Å². The van der Waals surface area contributed by atoms with E-state index in [0.717, 1.165) is 27.6 Å². The molecule has 0 atom stereocenters. The summed E-state index contributed by atoms with van der Waals surface area (Å²) in [6.07, 6.45) is 0. The van der Waals surface area contributed by atoms with E-state index in [-0.39, 0.29) is 5.69 Å². The molecule has 0 bridgehead atoms. The molecule has 0 amide bonds. The summed E-state index contributed by atoms with van der Waals surface area (Å²) in [5, 5.41) is 12.6. The molecule has 32 heavy (non-hydrogen) atoms. The first kappa shape index (κ1) is 20.0. The zero-order valence-corrected chi connectivity index (χ0v) is 17.7. The third kappa shape index (κ3) is 3.42. The maximum absolute atomic E-state index is 12.0. The highest BCUT2D eigenvalue weighted by atomic mass is 32.2. The van der Waals surface area contributed by atoms with Crippen molar-refractivity contribution in [3.63, 3.8) is 0 Å². The van der Waals surface area contributed by atoms with Gasteiger partial charge < -0.3 is 4.74 Å². The van der Waals surface area contributed by atoms with Crippen LogP contribution in [0.5, 0.6) is 0 Å². The van der Waals surface area contributed by atoms with Crippen molar-refractivity contribution in [3.05, 3.63) is 88.0 Å². The van der Waals surface area contributed by atoms with Crippen molar-refractivity contribution in [1.82, 2.24) is 14.4 Å². The van der Waals surface area contributed by atoms with Gasteiger partial charge in [0.15, 0.2) is 5.16 Å². The summed E-state index contributed by atoms with van der Waals surface area (Å²) in [6.45, 7) is 0. The summed E-state index contributed by atoms with van der Waals surface area (Å²) in [4.78, 5) is 32.3. The van der Waals surface area contributed by atoms with Gasteiger partial charge in [0.05, 0.1) is 34.1 Å². The number of nitrogens with zero attached hydrogens (tertiary/aromatic N) is 4. The van der Waals surface area contributed by atoms with Crippen LogP contribution < -0.4 is 0 Å². The van der Waals surface area contributed by atoms with Crippen LogP contribution in [0.15, 0.2) is 71.9 Å². The number of carbonyl (C=O) groups excluding carboxylic acids is 1. The quantitative estimate of drug-likeness (QED) is 0.123. The van der Waals surface area contributed by atoms with Crippen LogP contribution in [-0.2, 0) is 10.5 Å². The highest BCUT2D eigenvalue weighted by molar-refractivity contribution is 7.98. The van der Waals surface area contributed by atoms with Gasteiger partial charge in [-0.2, -0.15) is 0 Å². The van der Waals surface area contributed by atoms with Crippen LogP contribution in [0, 0.1) is 10.1 Å². The summed E-state index contributed by atoms with van der Waals surface area (Å²) in [5.74, 6) is 0.0475. The van der Waals surface area contributed by atoms with Crippen LogP contribution in [0.2, 0.25) is 0 Å². The van der Waals surface area contributed by atoms with Crippen molar-refractivity contribution in [1.29, 1.82) is 0 Å². The Labute approximate surface area is 186 Å².